The number of pyridine rings is 1. The summed E-state index contributed by atoms with van der Waals surface area (Å²) >= 11 is 1.86. The van der Waals surface area contributed by atoms with Crippen molar-refractivity contribution in [2.75, 3.05) is 18.6 Å². The van der Waals surface area contributed by atoms with Gasteiger partial charge in [0, 0.05) is 12.7 Å². The van der Waals surface area contributed by atoms with E-state index in [1.807, 2.05) is 11.8 Å². The molecule has 18 heavy (non-hydrogen) atoms. The number of aromatic nitrogens is 1. The number of hydrogen-bond donors (Lipinski definition) is 1. The topological polar surface area (TPSA) is 42.0 Å². The molecule has 3 nitrogen and oxygen atoms in total. The van der Waals surface area contributed by atoms with Gasteiger partial charge in [0.2, 0.25) is 5.95 Å². The van der Waals surface area contributed by atoms with Gasteiger partial charge in [-0.1, -0.05) is 12.8 Å². The molecule has 0 aliphatic heterocycles. The van der Waals surface area contributed by atoms with Gasteiger partial charge in [0.1, 0.15) is 0 Å². The smallest absolute Gasteiger partial charge is 0.252 e. The molecule has 1 N–H and O–H groups in total. The van der Waals surface area contributed by atoms with Gasteiger partial charge in [0.15, 0.2) is 0 Å². The molecule has 0 unspecified atom stereocenters. The van der Waals surface area contributed by atoms with E-state index in [2.05, 4.69) is 16.6 Å². The molecule has 0 spiro atoms. The summed E-state index contributed by atoms with van der Waals surface area (Å²) in [5.41, 5.74) is 0.402. The molecule has 1 rings (SSSR count). The quantitative estimate of drug-likeness (QED) is 0.583. The van der Waals surface area contributed by atoms with Crippen LogP contribution in [0.1, 0.15) is 36.0 Å². The maximum atomic E-state index is 12.6. The predicted octanol–water partition coefficient (Wildman–Crippen LogP) is 2.87. The fraction of sp³-hybridized carbons (Fsp3) is 0.538. The van der Waals surface area contributed by atoms with Gasteiger partial charge in [-0.2, -0.15) is 16.2 Å². The Labute approximate surface area is 112 Å². The highest BCUT2D eigenvalue weighted by Gasteiger charge is 2.04. The lowest BCUT2D eigenvalue weighted by atomic mass is 10.2. The SMILES string of the molecule is CSCCCCCCNC(=O)c1ccc(F)nc1. The molecule has 0 bridgehead atoms. The van der Waals surface area contributed by atoms with Gasteiger partial charge in [0.05, 0.1) is 5.56 Å². The van der Waals surface area contributed by atoms with Gasteiger partial charge in [-0.25, -0.2) is 4.98 Å². The Bertz CT molecular complexity index is 357. The Hall–Kier alpha value is -1.10. The summed E-state index contributed by atoms with van der Waals surface area (Å²) < 4.78 is 12.6. The molecule has 0 aliphatic rings. The van der Waals surface area contributed by atoms with E-state index in [9.17, 15) is 9.18 Å². The van der Waals surface area contributed by atoms with E-state index >= 15 is 0 Å². The van der Waals surface area contributed by atoms with Crippen LogP contribution in [0.4, 0.5) is 4.39 Å². The van der Waals surface area contributed by atoms with Crippen molar-refractivity contribution in [3.63, 3.8) is 0 Å². The van der Waals surface area contributed by atoms with E-state index in [4.69, 9.17) is 0 Å². The lowest BCUT2D eigenvalue weighted by Gasteiger charge is -2.04. The third-order valence-electron chi connectivity index (χ3n) is 2.55. The summed E-state index contributed by atoms with van der Waals surface area (Å²) in [6.07, 6.45) is 7.91. The third-order valence-corrected chi connectivity index (χ3v) is 3.25. The van der Waals surface area contributed by atoms with Crippen LogP contribution in [0.15, 0.2) is 18.3 Å². The molecule has 0 atom stereocenters. The van der Waals surface area contributed by atoms with E-state index in [0.29, 0.717) is 12.1 Å². The van der Waals surface area contributed by atoms with E-state index in [1.165, 1.54) is 36.9 Å². The van der Waals surface area contributed by atoms with Gasteiger partial charge < -0.3 is 5.32 Å². The van der Waals surface area contributed by atoms with E-state index in [1.54, 1.807) is 0 Å². The van der Waals surface area contributed by atoms with Gasteiger partial charge in [-0.05, 0) is 37.0 Å². The normalized spacial score (nSPS) is 10.3. The number of thioether (sulfide) groups is 1. The summed E-state index contributed by atoms with van der Waals surface area (Å²) in [5.74, 6) is 0.445. The van der Waals surface area contributed by atoms with Crippen molar-refractivity contribution < 1.29 is 9.18 Å². The van der Waals surface area contributed by atoms with E-state index in [0.717, 1.165) is 12.8 Å². The molecule has 0 aliphatic carbocycles. The van der Waals surface area contributed by atoms with Gasteiger partial charge in [0.25, 0.3) is 5.91 Å². The van der Waals surface area contributed by atoms with Crippen molar-refractivity contribution in [3.05, 3.63) is 29.8 Å². The number of amides is 1. The van der Waals surface area contributed by atoms with Crippen molar-refractivity contribution >= 4 is 17.7 Å². The van der Waals surface area contributed by atoms with Crippen LogP contribution in [0.3, 0.4) is 0 Å². The largest absolute Gasteiger partial charge is 0.352 e. The second-order valence-corrected chi connectivity index (χ2v) is 5.02. The van der Waals surface area contributed by atoms with Crippen LogP contribution < -0.4 is 5.32 Å². The molecule has 0 aromatic carbocycles. The molecular formula is C13H19FN2OS. The highest BCUT2D eigenvalue weighted by molar-refractivity contribution is 7.98. The number of carbonyl (C=O) groups excluding carboxylic acids is 1. The molecule has 1 aromatic rings. The molecule has 0 saturated heterocycles. The molecule has 100 valence electrons. The van der Waals surface area contributed by atoms with E-state index < -0.39 is 5.95 Å². The fourth-order valence-corrected chi connectivity index (χ4v) is 2.03. The van der Waals surface area contributed by atoms with Gasteiger partial charge >= 0.3 is 0 Å². The number of hydrogen-bond acceptors (Lipinski definition) is 3. The number of unbranched alkanes of at least 4 members (excludes halogenated alkanes) is 3. The average molecular weight is 270 g/mol. The Morgan fingerprint density at radius 1 is 1.33 bits per heavy atom. The van der Waals surface area contributed by atoms with Crippen LogP contribution in [-0.2, 0) is 0 Å². The lowest BCUT2D eigenvalue weighted by Crippen LogP contribution is -2.24. The van der Waals surface area contributed by atoms with Crippen LogP contribution in [0.5, 0.6) is 0 Å². The molecule has 1 aromatic heterocycles. The molecule has 0 fully saturated rings. The zero-order chi connectivity index (χ0) is 13.2. The summed E-state index contributed by atoms with van der Waals surface area (Å²) in [5, 5.41) is 2.80. The molecule has 0 saturated carbocycles. The Morgan fingerprint density at radius 3 is 2.78 bits per heavy atom. The summed E-state index contributed by atoms with van der Waals surface area (Å²) in [7, 11) is 0. The monoisotopic (exact) mass is 270 g/mol. The van der Waals surface area contributed by atoms with Crippen molar-refractivity contribution in [2.45, 2.75) is 25.7 Å². The minimum Gasteiger partial charge on any atom is -0.352 e. The van der Waals surface area contributed by atoms with Gasteiger partial charge in [-0.3, -0.25) is 4.79 Å². The number of nitrogens with one attached hydrogen (secondary N) is 1. The minimum absolute atomic E-state index is 0.188. The molecule has 0 radical (unpaired) electrons. The summed E-state index contributed by atoms with van der Waals surface area (Å²) in [6, 6.07) is 2.63. The Morgan fingerprint density at radius 2 is 2.11 bits per heavy atom. The first-order valence-corrected chi connectivity index (χ1v) is 7.52. The van der Waals surface area contributed by atoms with Crippen molar-refractivity contribution in [1.82, 2.24) is 10.3 Å². The second kappa shape index (κ2) is 8.91. The average Bonchev–Trinajstić information content (AvgIpc) is 2.38. The zero-order valence-electron chi connectivity index (χ0n) is 10.6. The zero-order valence-corrected chi connectivity index (χ0v) is 11.4. The van der Waals surface area contributed by atoms with Crippen LogP contribution in [0.25, 0.3) is 0 Å². The van der Waals surface area contributed by atoms with Crippen LogP contribution in [0, 0.1) is 5.95 Å². The number of halogens is 1. The van der Waals surface area contributed by atoms with Crippen LogP contribution in [-0.4, -0.2) is 29.4 Å². The number of rotatable bonds is 8. The maximum absolute atomic E-state index is 12.6. The fourth-order valence-electron chi connectivity index (χ4n) is 1.54. The summed E-state index contributed by atoms with van der Waals surface area (Å²) in [4.78, 5) is 15.1. The minimum atomic E-state index is -0.569. The van der Waals surface area contributed by atoms with E-state index in [-0.39, 0.29) is 5.91 Å². The molecule has 1 amide bonds. The predicted molar refractivity (Wildman–Crippen MR) is 73.4 cm³/mol. The van der Waals surface area contributed by atoms with Gasteiger partial charge in [-0.15, -0.1) is 0 Å². The number of carbonyl (C=O) groups is 1. The standard InChI is InChI=1S/C13H19FN2OS/c1-18-9-5-3-2-4-8-15-13(17)11-6-7-12(14)16-10-11/h6-7,10H,2-5,8-9H2,1H3,(H,15,17). The first-order valence-electron chi connectivity index (χ1n) is 6.12. The van der Waals surface area contributed by atoms with Crippen molar-refractivity contribution in [2.24, 2.45) is 0 Å². The molecular weight excluding hydrogens is 251 g/mol. The highest BCUT2D eigenvalue weighted by atomic mass is 32.2. The summed E-state index contributed by atoms with van der Waals surface area (Å²) in [6.45, 7) is 0.662. The van der Waals surface area contributed by atoms with Crippen LogP contribution >= 0.6 is 11.8 Å². The second-order valence-electron chi connectivity index (χ2n) is 4.03. The Kier molecular flexibility index (Phi) is 7.41. The highest BCUT2D eigenvalue weighted by Crippen LogP contribution is 2.04. The molecule has 5 heteroatoms. The molecule has 1 heterocycles. The van der Waals surface area contributed by atoms with Crippen LogP contribution in [0.2, 0.25) is 0 Å². The first kappa shape index (κ1) is 15.0. The number of nitrogens with zero attached hydrogens (tertiary/aromatic N) is 1. The van der Waals surface area contributed by atoms with Crippen molar-refractivity contribution in [3.8, 4) is 0 Å². The maximum Gasteiger partial charge on any atom is 0.252 e. The Balaban J connectivity index is 2.12. The van der Waals surface area contributed by atoms with Crippen molar-refractivity contribution in [1.29, 1.82) is 0 Å². The third kappa shape index (κ3) is 6.00. The lowest BCUT2D eigenvalue weighted by molar-refractivity contribution is 0.0952. The first-order chi connectivity index (χ1) is 8.74.